The lowest BCUT2D eigenvalue weighted by atomic mass is 10.1. The SMILES string of the molecule is CCC(C)CN(CC)S(=O)(=O)c1cc(CCl)n(C)c1. The highest BCUT2D eigenvalue weighted by molar-refractivity contribution is 7.89. The molecule has 1 heterocycles. The van der Waals surface area contributed by atoms with Gasteiger partial charge in [-0.15, -0.1) is 11.6 Å². The van der Waals surface area contributed by atoms with Crippen LogP contribution in [-0.4, -0.2) is 30.4 Å². The predicted molar refractivity (Wildman–Crippen MR) is 78.9 cm³/mol. The van der Waals surface area contributed by atoms with Crippen LogP contribution in [0.15, 0.2) is 17.2 Å². The van der Waals surface area contributed by atoms with E-state index in [-0.39, 0.29) is 0 Å². The van der Waals surface area contributed by atoms with Crippen molar-refractivity contribution in [3.05, 3.63) is 18.0 Å². The van der Waals surface area contributed by atoms with Gasteiger partial charge in [-0.3, -0.25) is 0 Å². The summed E-state index contributed by atoms with van der Waals surface area (Å²) < 4.78 is 28.4. The monoisotopic (exact) mass is 306 g/mol. The van der Waals surface area contributed by atoms with Crippen molar-refractivity contribution in [1.82, 2.24) is 8.87 Å². The third kappa shape index (κ3) is 3.74. The maximum absolute atomic E-state index is 12.6. The van der Waals surface area contributed by atoms with Crippen LogP contribution in [0.4, 0.5) is 0 Å². The molecule has 1 aromatic rings. The molecule has 0 N–H and O–H groups in total. The highest BCUT2D eigenvalue weighted by Gasteiger charge is 2.25. The van der Waals surface area contributed by atoms with Gasteiger partial charge in [0.05, 0.1) is 5.88 Å². The molecular weight excluding hydrogens is 284 g/mol. The molecule has 0 radical (unpaired) electrons. The summed E-state index contributed by atoms with van der Waals surface area (Å²) in [7, 11) is -1.61. The van der Waals surface area contributed by atoms with E-state index in [9.17, 15) is 8.42 Å². The minimum Gasteiger partial charge on any atom is -0.352 e. The number of sulfonamides is 1. The molecule has 0 spiro atoms. The summed E-state index contributed by atoms with van der Waals surface area (Å²) in [5.74, 6) is 0.662. The third-order valence-corrected chi connectivity index (χ3v) is 5.60. The van der Waals surface area contributed by atoms with Gasteiger partial charge in [-0.1, -0.05) is 27.2 Å². The van der Waals surface area contributed by atoms with E-state index in [1.807, 2.05) is 14.0 Å². The van der Waals surface area contributed by atoms with E-state index in [2.05, 4.69) is 13.8 Å². The van der Waals surface area contributed by atoms with Gasteiger partial charge in [-0.05, 0) is 12.0 Å². The van der Waals surface area contributed by atoms with Crippen LogP contribution in [0, 0.1) is 5.92 Å². The van der Waals surface area contributed by atoms with Gasteiger partial charge in [0.1, 0.15) is 4.90 Å². The summed E-state index contributed by atoms with van der Waals surface area (Å²) in [6.07, 6.45) is 2.60. The van der Waals surface area contributed by atoms with Crippen LogP contribution in [0.3, 0.4) is 0 Å². The van der Waals surface area contributed by atoms with Gasteiger partial charge in [0.25, 0.3) is 0 Å². The highest BCUT2D eigenvalue weighted by atomic mass is 35.5. The molecule has 4 nitrogen and oxygen atoms in total. The zero-order valence-corrected chi connectivity index (χ0v) is 13.6. The van der Waals surface area contributed by atoms with Gasteiger partial charge in [-0.25, -0.2) is 8.42 Å². The first-order valence-corrected chi connectivity index (χ1v) is 8.55. The molecule has 0 saturated heterocycles. The first kappa shape index (κ1) is 16.5. The lowest BCUT2D eigenvalue weighted by Crippen LogP contribution is -2.34. The van der Waals surface area contributed by atoms with Gasteiger partial charge in [0.2, 0.25) is 10.0 Å². The topological polar surface area (TPSA) is 42.3 Å². The molecular formula is C13H23ClN2O2S. The molecule has 0 bridgehead atoms. The Balaban J connectivity index is 3.06. The molecule has 0 aliphatic carbocycles. The van der Waals surface area contributed by atoms with Crippen molar-refractivity contribution in [3.8, 4) is 0 Å². The molecule has 0 aromatic carbocycles. The zero-order chi connectivity index (χ0) is 14.6. The summed E-state index contributed by atoms with van der Waals surface area (Å²) in [5.41, 5.74) is 0.805. The van der Waals surface area contributed by atoms with E-state index in [4.69, 9.17) is 11.6 Å². The fraction of sp³-hybridized carbons (Fsp3) is 0.692. The number of aromatic nitrogens is 1. The molecule has 0 aliphatic rings. The molecule has 1 atom stereocenters. The number of rotatable bonds is 7. The Kier molecular flexibility index (Phi) is 5.89. The van der Waals surface area contributed by atoms with Crippen molar-refractivity contribution in [1.29, 1.82) is 0 Å². The van der Waals surface area contributed by atoms with Gasteiger partial charge in [-0.2, -0.15) is 4.31 Å². The minimum atomic E-state index is -3.41. The average molecular weight is 307 g/mol. The molecule has 0 saturated carbocycles. The lowest BCUT2D eigenvalue weighted by Gasteiger charge is -2.22. The molecule has 6 heteroatoms. The van der Waals surface area contributed by atoms with Crippen molar-refractivity contribution in [2.75, 3.05) is 13.1 Å². The Bertz CT molecular complexity index is 511. The predicted octanol–water partition coefficient (Wildman–Crippen LogP) is 2.82. The van der Waals surface area contributed by atoms with Gasteiger partial charge in [0, 0.05) is 32.0 Å². The first-order valence-electron chi connectivity index (χ1n) is 6.58. The number of nitrogens with zero attached hydrogens (tertiary/aromatic N) is 2. The van der Waals surface area contributed by atoms with Crippen LogP contribution in [-0.2, 0) is 23.0 Å². The normalized spacial score (nSPS) is 14.0. The Hall–Kier alpha value is -0.520. The van der Waals surface area contributed by atoms with Crippen molar-refractivity contribution in [3.63, 3.8) is 0 Å². The molecule has 1 aromatic heterocycles. The summed E-state index contributed by atoms with van der Waals surface area (Å²) in [6.45, 7) is 7.04. The van der Waals surface area contributed by atoms with E-state index in [0.29, 0.717) is 29.8 Å². The Morgan fingerprint density at radius 1 is 1.42 bits per heavy atom. The average Bonchev–Trinajstić information content (AvgIpc) is 2.77. The second-order valence-corrected chi connectivity index (χ2v) is 7.09. The zero-order valence-electron chi connectivity index (χ0n) is 12.1. The van der Waals surface area contributed by atoms with E-state index < -0.39 is 10.0 Å². The summed E-state index contributed by atoms with van der Waals surface area (Å²) >= 11 is 5.79. The van der Waals surface area contributed by atoms with Crippen molar-refractivity contribution in [2.24, 2.45) is 13.0 Å². The second-order valence-electron chi connectivity index (χ2n) is 4.88. The van der Waals surface area contributed by atoms with Crippen LogP contribution in [0.2, 0.25) is 0 Å². The van der Waals surface area contributed by atoms with E-state index >= 15 is 0 Å². The van der Waals surface area contributed by atoms with Crippen LogP contribution in [0.5, 0.6) is 0 Å². The Morgan fingerprint density at radius 3 is 2.47 bits per heavy atom. The van der Waals surface area contributed by atoms with Crippen molar-refractivity contribution >= 4 is 21.6 Å². The fourth-order valence-electron chi connectivity index (χ4n) is 1.87. The van der Waals surface area contributed by atoms with Crippen LogP contribution in [0.1, 0.15) is 32.9 Å². The standard InChI is InChI=1S/C13H23ClN2O2S/c1-5-11(3)9-16(6-2)19(17,18)13-7-12(8-14)15(4)10-13/h7,10-11H,5-6,8-9H2,1-4H3. The molecule has 1 unspecified atom stereocenters. The minimum absolute atomic E-state index is 0.309. The van der Waals surface area contributed by atoms with Crippen LogP contribution in [0.25, 0.3) is 0 Å². The number of halogens is 1. The van der Waals surface area contributed by atoms with E-state index in [1.54, 1.807) is 16.8 Å². The fourth-order valence-corrected chi connectivity index (χ4v) is 3.80. The summed E-state index contributed by atoms with van der Waals surface area (Å²) in [5, 5.41) is 0. The number of hydrogen-bond donors (Lipinski definition) is 0. The second kappa shape index (κ2) is 6.77. The molecule has 0 aliphatic heterocycles. The maximum Gasteiger partial charge on any atom is 0.244 e. The number of alkyl halides is 1. The van der Waals surface area contributed by atoms with E-state index in [1.165, 1.54) is 4.31 Å². The molecule has 0 fully saturated rings. The smallest absolute Gasteiger partial charge is 0.244 e. The third-order valence-electron chi connectivity index (χ3n) is 3.42. The molecule has 19 heavy (non-hydrogen) atoms. The van der Waals surface area contributed by atoms with Crippen LogP contribution < -0.4 is 0 Å². The largest absolute Gasteiger partial charge is 0.352 e. The van der Waals surface area contributed by atoms with E-state index in [0.717, 1.165) is 12.1 Å². The summed E-state index contributed by atoms with van der Waals surface area (Å²) in [4.78, 5) is 0.329. The molecule has 1 rings (SSSR count). The van der Waals surface area contributed by atoms with Crippen LogP contribution >= 0.6 is 11.6 Å². The quantitative estimate of drug-likeness (QED) is 0.727. The Labute approximate surface area is 121 Å². The van der Waals surface area contributed by atoms with Crippen molar-refractivity contribution < 1.29 is 8.42 Å². The number of hydrogen-bond acceptors (Lipinski definition) is 2. The van der Waals surface area contributed by atoms with Gasteiger partial charge in [0.15, 0.2) is 0 Å². The van der Waals surface area contributed by atoms with Gasteiger partial charge < -0.3 is 4.57 Å². The maximum atomic E-state index is 12.6. The Morgan fingerprint density at radius 2 is 2.05 bits per heavy atom. The highest BCUT2D eigenvalue weighted by Crippen LogP contribution is 2.20. The summed E-state index contributed by atoms with van der Waals surface area (Å²) in [6, 6.07) is 1.65. The lowest BCUT2D eigenvalue weighted by molar-refractivity contribution is 0.361. The molecule has 0 amide bonds. The van der Waals surface area contributed by atoms with Gasteiger partial charge >= 0.3 is 0 Å². The van der Waals surface area contributed by atoms with Crippen molar-refractivity contribution in [2.45, 2.75) is 38.0 Å². The molecule has 110 valence electrons. The first-order chi connectivity index (χ1) is 8.86. The number of aryl methyl sites for hydroxylation is 1.